The summed E-state index contributed by atoms with van der Waals surface area (Å²) in [6.07, 6.45) is 22.7. The summed E-state index contributed by atoms with van der Waals surface area (Å²) >= 11 is 0. The zero-order valence-corrected chi connectivity index (χ0v) is 23.7. The lowest BCUT2D eigenvalue weighted by molar-refractivity contribution is 0.356. The molecule has 0 unspecified atom stereocenters. The third-order valence-electron chi connectivity index (χ3n) is 8.19. The van der Waals surface area contributed by atoms with Gasteiger partial charge in [-0.15, -0.1) is 0 Å². The molecule has 0 saturated heterocycles. The maximum Gasteiger partial charge on any atom is 0.131 e. The van der Waals surface area contributed by atoms with Crippen LogP contribution in [0.15, 0.2) is 24.3 Å². The summed E-state index contributed by atoms with van der Waals surface area (Å²) < 4.78 is 18.7. The van der Waals surface area contributed by atoms with Crippen LogP contribution in [-0.4, -0.2) is 13.2 Å². The van der Waals surface area contributed by atoms with E-state index in [0.717, 1.165) is 61.9 Å². The van der Waals surface area contributed by atoms with Gasteiger partial charge in [0.1, 0.15) is 23.0 Å². The average molecular weight is 507 g/mol. The molecule has 3 nitrogen and oxygen atoms in total. The minimum Gasteiger partial charge on any atom is -0.493 e. The van der Waals surface area contributed by atoms with Crippen LogP contribution in [0.25, 0.3) is 0 Å². The third-order valence-corrected chi connectivity index (χ3v) is 8.19. The van der Waals surface area contributed by atoms with Crippen molar-refractivity contribution in [2.24, 2.45) is 0 Å². The topological polar surface area (TPSA) is 27.7 Å². The van der Waals surface area contributed by atoms with Crippen molar-refractivity contribution in [3.8, 4) is 23.0 Å². The Kier molecular flexibility index (Phi) is 11.5. The number of hydrogen-bond acceptors (Lipinski definition) is 3. The molecule has 0 atom stereocenters. The van der Waals surface area contributed by atoms with Gasteiger partial charge in [-0.25, -0.2) is 0 Å². The minimum absolute atomic E-state index is 0.794. The molecule has 4 rings (SSSR count). The maximum atomic E-state index is 6.80. The normalized spacial score (nSPS) is 13.8. The van der Waals surface area contributed by atoms with Crippen LogP contribution in [0, 0.1) is 0 Å². The number of benzene rings is 2. The summed E-state index contributed by atoms with van der Waals surface area (Å²) in [7, 11) is 0. The fraction of sp³-hybridized carbons (Fsp3) is 0.647. The predicted octanol–water partition coefficient (Wildman–Crippen LogP) is 9.93. The molecule has 2 aromatic carbocycles. The maximum absolute atomic E-state index is 6.80. The van der Waals surface area contributed by atoms with Crippen LogP contribution >= 0.6 is 0 Å². The molecule has 0 bridgehead atoms. The van der Waals surface area contributed by atoms with Crippen molar-refractivity contribution >= 4 is 0 Å². The van der Waals surface area contributed by atoms with Crippen LogP contribution in [-0.2, 0) is 25.7 Å². The number of hydrogen-bond donors (Lipinski definition) is 0. The summed E-state index contributed by atoms with van der Waals surface area (Å²) in [4.78, 5) is 0. The van der Waals surface area contributed by atoms with Crippen LogP contribution in [0.5, 0.6) is 23.0 Å². The van der Waals surface area contributed by atoms with Crippen molar-refractivity contribution in [2.45, 2.75) is 129 Å². The van der Waals surface area contributed by atoms with Gasteiger partial charge in [-0.2, -0.15) is 0 Å². The van der Waals surface area contributed by atoms with E-state index in [1.165, 1.54) is 112 Å². The van der Waals surface area contributed by atoms with E-state index in [4.69, 9.17) is 14.2 Å². The molecule has 0 aromatic heterocycles. The Bertz CT molecular complexity index is 887. The molecule has 3 heteroatoms. The van der Waals surface area contributed by atoms with E-state index in [2.05, 4.69) is 38.1 Å². The first kappa shape index (κ1) is 27.9. The number of fused-ring (bicyclic) bond motifs is 2. The smallest absolute Gasteiger partial charge is 0.131 e. The lowest BCUT2D eigenvalue weighted by Gasteiger charge is -2.18. The van der Waals surface area contributed by atoms with Crippen molar-refractivity contribution < 1.29 is 14.2 Å². The first-order valence-corrected chi connectivity index (χ1v) is 15.5. The molecule has 2 heterocycles. The Morgan fingerprint density at radius 2 is 0.946 bits per heavy atom. The Labute approximate surface area is 226 Å². The van der Waals surface area contributed by atoms with Crippen LogP contribution < -0.4 is 14.2 Å². The third kappa shape index (κ3) is 7.91. The predicted molar refractivity (Wildman–Crippen MR) is 155 cm³/mol. The molecule has 0 spiro atoms. The van der Waals surface area contributed by atoms with Gasteiger partial charge in [0, 0.05) is 35.1 Å². The van der Waals surface area contributed by atoms with Crippen LogP contribution in [0.1, 0.15) is 126 Å². The zero-order valence-electron chi connectivity index (χ0n) is 23.7. The van der Waals surface area contributed by atoms with Crippen molar-refractivity contribution in [3.05, 3.63) is 46.5 Å². The Balaban J connectivity index is 1.44. The molecule has 2 aromatic rings. The molecule has 0 radical (unpaired) electrons. The lowest BCUT2D eigenvalue weighted by atomic mass is 9.96. The highest BCUT2D eigenvalue weighted by Crippen LogP contribution is 2.41. The Morgan fingerprint density at radius 1 is 0.541 bits per heavy atom. The van der Waals surface area contributed by atoms with E-state index in [1.54, 1.807) is 0 Å². The Hall–Kier alpha value is -2.16. The van der Waals surface area contributed by atoms with E-state index in [1.807, 2.05) is 0 Å². The van der Waals surface area contributed by atoms with Gasteiger partial charge < -0.3 is 14.2 Å². The minimum atomic E-state index is 0.794. The number of rotatable bonds is 18. The molecule has 0 saturated carbocycles. The summed E-state index contributed by atoms with van der Waals surface area (Å²) in [6.45, 7) is 6.16. The van der Waals surface area contributed by atoms with E-state index in [0.29, 0.717) is 0 Å². The van der Waals surface area contributed by atoms with Crippen molar-refractivity contribution in [2.75, 3.05) is 13.2 Å². The fourth-order valence-corrected chi connectivity index (χ4v) is 6.02. The second-order valence-corrected chi connectivity index (χ2v) is 11.1. The quantitative estimate of drug-likeness (QED) is 0.188. The summed E-state index contributed by atoms with van der Waals surface area (Å²) in [5.74, 6) is 4.21. The summed E-state index contributed by atoms with van der Waals surface area (Å²) in [5, 5.41) is 0. The van der Waals surface area contributed by atoms with Crippen molar-refractivity contribution in [1.29, 1.82) is 0 Å². The molecule has 0 fully saturated rings. The number of ether oxygens (including phenoxy) is 3. The monoisotopic (exact) mass is 506 g/mol. The average Bonchev–Trinajstić information content (AvgIpc) is 3.59. The van der Waals surface area contributed by atoms with Crippen LogP contribution in [0.4, 0.5) is 0 Å². The van der Waals surface area contributed by atoms with Gasteiger partial charge in [-0.1, -0.05) is 90.9 Å². The molecule has 37 heavy (non-hydrogen) atoms. The van der Waals surface area contributed by atoms with E-state index >= 15 is 0 Å². The van der Waals surface area contributed by atoms with Gasteiger partial charge in [0.2, 0.25) is 0 Å². The summed E-state index contributed by atoms with van der Waals surface area (Å²) in [6, 6.07) is 8.56. The molecule has 2 aliphatic heterocycles. The van der Waals surface area contributed by atoms with E-state index in [9.17, 15) is 0 Å². The second kappa shape index (κ2) is 15.3. The fourth-order valence-electron chi connectivity index (χ4n) is 6.02. The highest BCUT2D eigenvalue weighted by atomic mass is 16.5. The van der Waals surface area contributed by atoms with Gasteiger partial charge in [-0.3, -0.25) is 0 Å². The van der Waals surface area contributed by atoms with Gasteiger partial charge in [0.15, 0.2) is 0 Å². The van der Waals surface area contributed by atoms with E-state index in [-0.39, 0.29) is 0 Å². The molecule has 2 aliphatic rings. The van der Waals surface area contributed by atoms with Gasteiger partial charge in [-0.05, 0) is 49.9 Å². The molecular weight excluding hydrogens is 456 g/mol. The summed E-state index contributed by atoms with van der Waals surface area (Å²) in [5.41, 5.74) is 5.51. The highest BCUT2D eigenvalue weighted by molar-refractivity contribution is 5.55. The SMILES string of the molecule is CCCCCCCCCc1c(Oc2ccc3c(c2CCCCCCCCC)CCO3)ccc2c1CCO2. The second-order valence-electron chi connectivity index (χ2n) is 11.1. The molecule has 0 N–H and O–H groups in total. The Morgan fingerprint density at radius 3 is 1.38 bits per heavy atom. The zero-order chi connectivity index (χ0) is 25.7. The molecular formula is C34H50O3. The van der Waals surface area contributed by atoms with Crippen molar-refractivity contribution in [3.63, 3.8) is 0 Å². The lowest BCUT2D eigenvalue weighted by Crippen LogP contribution is -2.01. The standard InChI is InChI=1S/C34H50O3/c1-3-5-7-9-11-13-15-17-27-29-23-25-35-31(29)19-21-33(27)37-34-22-20-32-30(24-26-36-32)28(34)18-16-14-12-10-8-6-4-2/h19-22H,3-18,23-26H2,1-2H3. The van der Waals surface area contributed by atoms with Gasteiger partial charge in [0.25, 0.3) is 0 Å². The molecule has 0 aliphatic carbocycles. The first-order chi connectivity index (χ1) is 18.3. The first-order valence-electron chi connectivity index (χ1n) is 15.5. The van der Waals surface area contributed by atoms with Crippen LogP contribution in [0.3, 0.4) is 0 Å². The van der Waals surface area contributed by atoms with E-state index < -0.39 is 0 Å². The van der Waals surface area contributed by atoms with Gasteiger partial charge in [0.05, 0.1) is 13.2 Å². The molecule has 204 valence electrons. The largest absolute Gasteiger partial charge is 0.493 e. The van der Waals surface area contributed by atoms with Crippen LogP contribution in [0.2, 0.25) is 0 Å². The van der Waals surface area contributed by atoms with Crippen molar-refractivity contribution in [1.82, 2.24) is 0 Å². The van der Waals surface area contributed by atoms with Gasteiger partial charge >= 0.3 is 0 Å². The number of unbranched alkanes of at least 4 members (excludes halogenated alkanes) is 12. The molecule has 0 amide bonds. The highest BCUT2D eigenvalue weighted by Gasteiger charge is 2.23.